The van der Waals surface area contributed by atoms with Crippen LogP contribution >= 0.6 is 15.9 Å². The molecular formula is C14H13BrFNO2. The molecule has 1 aromatic carbocycles. The van der Waals surface area contributed by atoms with Gasteiger partial charge in [0.25, 0.3) is 5.91 Å². The minimum absolute atomic E-state index is 0.174. The lowest BCUT2D eigenvalue weighted by Gasteiger charge is -2.17. The van der Waals surface area contributed by atoms with Gasteiger partial charge in [0.2, 0.25) is 0 Å². The van der Waals surface area contributed by atoms with E-state index in [1.165, 1.54) is 18.2 Å². The standard InChI is InChI=1S/C14H13BrFNO2/c1-9-10(5-6-19-9)8-17(2)14(18)12-4-3-11(16)7-13(12)15/h3-7H,8H2,1-2H3. The Morgan fingerprint density at radius 1 is 1.42 bits per heavy atom. The third-order valence-corrected chi connectivity index (χ3v) is 3.54. The number of rotatable bonds is 3. The number of amides is 1. The molecule has 3 nitrogen and oxygen atoms in total. The van der Waals surface area contributed by atoms with E-state index in [1.807, 2.05) is 13.0 Å². The first-order chi connectivity index (χ1) is 8.99. The number of halogens is 2. The van der Waals surface area contributed by atoms with Crippen molar-refractivity contribution in [2.45, 2.75) is 13.5 Å². The van der Waals surface area contributed by atoms with E-state index < -0.39 is 0 Å². The van der Waals surface area contributed by atoms with Crippen LogP contribution in [0.25, 0.3) is 0 Å². The molecule has 0 saturated carbocycles. The van der Waals surface area contributed by atoms with Crippen molar-refractivity contribution in [1.82, 2.24) is 4.90 Å². The Balaban J connectivity index is 2.17. The summed E-state index contributed by atoms with van der Waals surface area (Å²) in [5.74, 6) is 0.238. The van der Waals surface area contributed by atoms with Crippen molar-refractivity contribution >= 4 is 21.8 Å². The summed E-state index contributed by atoms with van der Waals surface area (Å²) in [4.78, 5) is 13.8. The summed E-state index contributed by atoms with van der Waals surface area (Å²) in [7, 11) is 1.70. The zero-order valence-corrected chi connectivity index (χ0v) is 12.2. The zero-order valence-electron chi connectivity index (χ0n) is 10.6. The zero-order chi connectivity index (χ0) is 14.0. The summed E-state index contributed by atoms with van der Waals surface area (Å²) in [5, 5.41) is 0. The van der Waals surface area contributed by atoms with Crippen LogP contribution in [0.4, 0.5) is 4.39 Å². The van der Waals surface area contributed by atoms with Crippen molar-refractivity contribution in [2.75, 3.05) is 7.05 Å². The van der Waals surface area contributed by atoms with Crippen LogP contribution in [0, 0.1) is 12.7 Å². The summed E-state index contributed by atoms with van der Waals surface area (Å²) in [6, 6.07) is 5.86. The van der Waals surface area contributed by atoms with Gasteiger partial charge in [0.1, 0.15) is 11.6 Å². The minimum atomic E-state index is -0.378. The molecule has 1 aromatic heterocycles. The molecule has 2 rings (SSSR count). The number of carbonyl (C=O) groups excluding carboxylic acids is 1. The topological polar surface area (TPSA) is 33.5 Å². The van der Waals surface area contributed by atoms with Gasteiger partial charge in [0.15, 0.2) is 0 Å². The molecule has 1 heterocycles. The molecule has 100 valence electrons. The Labute approximate surface area is 119 Å². The number of nitrogens with zero attached hydrogens (tertiary/aromatic N) is 1. The molecule has 1 amide bonds. The summed E-state index contributed by atoms with van der Waals surface area (Å²) >= 11 is 3.20. The van der Waals surface area contributed by atoms with Crippen molar-refractivity contribution in [3.8, 4) is 0 Å². The molecule has 0 N–H and O–H groups in total. The highest BCUT2D eigenvalue weighted by Gasteiger charge is 2.16. The Kier molecular flexibility index (Phi) is 4.04. The third-order valence-electron chi connectivity index (χ3n) is 2.88. The van der Waals surface area contributed by atoms with E-state index in [0.29, 0.717) is 16.6 Å². The Bertz CT molecular complexity index is 609. The molecule has 0 bridgehead atoms. The van der Waals surface area contributed by atoms with Crippen LogP contribution in [0.5, 0.6) is 0 Å². The number of hydrogen-bond donors (Lipinski definition) is 0. The molecule has 2 aromatic rings. The minimum Gasteiger partial charge on any atom is -0.469 e. The number of benzene rings is 1. The lowest BCUT2D eigenvalue weighted by molar-refractivity contribution is 0.0783. The maximum Gasteiger partial charge on any atom is 0.255 e. The fourth-order valence-electron chi connectivity index (χ4n) is 1.77. The predicted octanol–water partition coefficient (Wildman–Crippen LogP) is 3.76. The second-order valence-electron chi connectivity index (χ2n) is 4.29. The molecule has 0 aliphatic rings. The maximum atomic E-state index is 13.0. The summed E-state index contributed by atoms with van der Waals surface area (Å²) < 4.78 is 18.6. The first kappa shape index (κ1) is 13.8. The Morgan fingerprint density at radius 2 is 2.16 bits per heavy atom. The van der Waals surface area contributed by atoms with Crippen LogP contribution in [0.2, 0.25) is 0 Å². The normalized spacial score (nSPS) is 10.5. The van der Waals surface area contributed by atoms with Crippen molar-refractivity contribution in [2.24, 2.45) is 0 Å². The van der Waals surface area contributed by atoms with Gasteiger partial charge in [0, 0.05) is 23.6 Å². The van der Waals surface area contributed by atoms with Crippen LogP contribution in [0.1, 0.15) is 21.7 Å². The van der Waals surface area contributed by atoms with Crippen molar-refractivity contribution in [3.05, 3.63) is 57.7 Å². The van der Waals surface area contributed by atoms with Gasteiger partial charge in [0.05, 0.1) is 11.8 Å². The van der Waals surface area contributed by atoms with Crippen molar-refractivity contribution < 1.29 is 13.6 Å². The summed E-state index contributed by atoms with van der Waals surface area (Å²) in [6.45, 7) is 2.30. The summed E-state index contributed by atoms with van der Waals surface area (Å²) in [6.07, 6.45) is 1.59. The first-order valence-corrected chi connectivity index (χ1v) is 6.52. The van der Waals surface area contributed by atoms with E-state index >= 15 is 0 Å². The molecule has 0 aliphatic heterocycles. The molecular weight excluding hydrogens is 313 g/mol. The number of furan rings is 1. The van der Waals surface area contributed by atoms with Crippen LogP contribution in [-0.2, 0) is 6.54 Å². The smallest absolute Gasteiger partial charge is 0.255 e. The van der Waals surface area contributed by atoms with Crippen LogP contribution in [0.15, 0.2) is 39.4 Å². The van der Waals surface area contributed by atoms with Crippen LogP contribution in [-0.4, -0.2) is 17.9 Å². The predicted molar refractivity (Wildman–Crippen MR) is 73.3 cm³/mol. The quantitative estimate of drug-likeness (QED) is 0.860. The van der Waals surface area contributed by atoms with E-state index in [1.54, 1.807) is 18.2 Å². The lowest BCUT2D eigenvalue weighted by Crippen LogP contribution is -2.26. The molecule has 0 unspecified atom stereocenters. The van der Waals surface area contributed by atoms with E-state index in [-0.39, 0.29) is 11.7 Å². The molecule has 0 fully saturated rings. The number of hydrogen-bond acceptors (Lipinski definition) is 2. The van der Waals surface area contributed by atoms with Gasteiger partial charge in [-0.15, -0.1) is 0 Å². The van der Waals surface area contributed by atoms with Gasteiger partial charge in [-0.25, -0.2) is 4.39 Å². The Morgan fingerprint density at radius 3 is 2.74 bits per heavy atom. The highest BCUT2D eigenvalue weighted by Crippen LogP contribution is 2.20. The SMILES string of the molecule is Cc1occc1CN(C)C(=O)c1ccc(F)cc1Br. The molecule has 0 spiro atoms. The lowest BCUT2D eigenvalue weighted by atomic mass is 10.2. The second-order valence-corrected chi connectivity index (χ2v) is 5.14. The van der Waals surface area contributed by atoms with Gasteiger partial charge < -0.3 is 9.32 Å². The average Bonchev–Trinajstić information content (AvgIpc) is 2.74. The third kappa shape index (κ3) is 3.04. The molecule has 0 radical (unpaired) electrons. The van der Waals surface area contributed by atoms with Gasteiger partial charge in [-0.05, 0) is 47.1 Å². The van der Waals surface area contributed by atoms with Crippen LogP contribution in [0.3, 0.4) is 0 Å². The number of carbonyl (C=O) groups is 1. The van der Waals surface area contributed by atoms with E-state index in [0.717, 1.165) is 11.3 Å². The highest BCUT2D eigenvalue weighted by molar-refractivity contribution is 9.10. The molecule has 0 aliphatic carbocycles. The van der Waals surface area contributed by atoms with E-state index in [4.69, 9.17) is 4.42 Å². The largest absolute Gasteiger partial charge is 0.469 e. The van der Waals surface area contributed by atoms with Gasteiger partial charge in [-0.3, -0.25) is 4.79 Å². The summed E-state index contributed by atoms with van der Waals surface area (Å²) in [5.41, 5.74) is 1.39. The second kappa shape index (κ2) is 5.57. The fraction of sp³-hybridized carbons (Fsp3) is 0.214. The monoisotopic (exact) mass is 325 g/mol. The van der Waals surface area contributed by atoms with Crippen molar-refractivity contribution in [1.29, 1.82) is 0 Å². The van der Waals surface area contributed by atoms with Crippen molar-refractivity contribution in [3.63, 3.8) is 0 Å². The molecule has 5 heteroatoms. The van der Waals surface area contributed by atoms with E-state index in [2.05, 4.69) is 15.9 Å². The van der Waals surface area contributed by atoms with Gasteiger partial charge >= 0.3 is 0 Å². The molecule has 0 atom stereocenters. The molecule has 0 saturated heterocycles. The van der Waals surface area contributed by atoms with E-state index in [9.17, 15) is 9.18 Å². The maximum absolute atomic E-state index is 13.0. The average molecular weight is 326 g/mol. The Hall–Kier alpha value is -1.62. The van der Waals surface area contributed by atoms with Gasteiger partial charge in [-0.2, -0.15) is 0 Å². The fourth-order valence-corrected chi connectivity index (χ4v) is 2.29. The van der Waals surface area contributed by atoms with Crippen LogP contribution < -0.4 is 0 Å². The molecule has 19 heavy (non-hydrogen) atoms. The first-order valence-electron chi connectivity index (χ1n) is 5.72. The number of aryl methyl sites for hydroxylation is 1. The van der Waals surface area contributed by atoms with Gasteiger partial charge in [-0.1, -0.05) is 0 Å². The highest BCUT2D eigenvalue weighted by atomic mass is 79.9.